The lowest BCUT2D eigenvalue weighted by molar-refractivity contribution is 0.281. The highest BCUT2D eigenvalue weighted by Crippen LogP contribution is 2.25. The normalized spacial score (nSPS) is 12.4. The van der Waals surface area contributed by atoms with Gasteiger partial charge in [0.2, 0.25) is 11.7 Å². The van der Waals surface area contributed by atoms with Crippen molar-refractivity contribution in [3.8, 4) is 5.75 Å². The number of rotatable bonds is 5. The number of benzene rings is 1. The van der Waals surface area contributed by atoms with E-state index in [9.17, 15) is 4.39 Å². The summed E-state index contributed by atoms with van der Waals surface area (Å²) in [5.74, 6) is 1.20. The Morgan fingerprint density at radius 3 is 2.89 bits per heavy atom. The molecule has 1 aromatic carbocycles. The Labute approximate surface area is 110 Å². The smallest absolute Gasteiger partial charge is 0.226 e. The highest BCUT2D eigenvalue weighted by atomic mass is 19.1. The van der Waals surface area contributed by atoms with Crippen molar-refractivity contribution in [2.24, 2.45) is 5.73 Å². The molecule has 1 aromatic heterocycles. The van der Waals surface area contributed by atoms with Gasteiger partial charge >= 0.3 is 0 Å². The zero-order valence-corrected chi connectivity index (χ0v) is 10.9. The van der Waals surface area contributed by atoms with Gasteiger partial charge in [0.05, 0.1) is 0 Å². The van der Waals surface area contributed by atoms with Crippen molar-refractivity contribution in [2.45, 2.75) is 32.9 Å². The van der Waals surface area contributed by atoms with Gasteiger partial charge in [-0.1, -0.05) is 12.1 Å². The number of halogens is 1. The third-order valence-corrected chi connectivity index (χ3v) is 2.63. The van der Waals surface area contributed by atoms with Crippen LogP contribution in [0.1, 0.15) is 37.2 Å². The lowest BCUT2D eigenvalue weighted by Crippen LogP contribution is -2.09. The van der Waals surface area contributed by atoms with Crippen LogP contribution in [0.2, 0.25) is 0 Å². The van der Waals surface area contributed by atoms with Crippen LogP contribution in [0.4, 0.5) is 4.39 Å². The molecule has 5 nitrogen and oxygen atoms in total. The molecule has 0 aliphatic heterocycles. The predicted octanol–water partition coefficient (Wildman–Crippen LogP) is 2.37. The summed E-state index contributed by atoms with van der Waals surface area (Å²) in [5, 5.41) is 3.78. The van der Waals surface area contributed by atoms with Gasteiger partial charge in [0.25, 0.3) is 0 Å². The number of aryl methyl sites for hydroxylation is 1. The van der Waals surface area contributed by atoms with Crippen LogP contribution in [0.25, 0.3) is 0 Å². The minimum Gasteiger partial charge on any atom is -0.485 e. The second kappa shape index (κ2) is 5.79. The molecular formula is C13H16FN3O2. The van der Waals surface area contributed by atoms with Gasteiger partial charge in [-0.15, -0.1) is 0 Å². The van der Waals surface area contributed by atoms with E-state index in [0.717, 1.165) is 0 Å². The highest BCUT2D eigenvalue weighted by Gasteiger charge is 2.11. The van der Waals surface area contributed by atoms with E-state index in [-0.39, 0.29) is 18.5 Å². The van der Waals surface area contributed by atoms with E-state index >= 15 is 0 Å². The average molecular weight is 265 g/mol. The molecule has 102 valence electrons. The van der Waals surface area contributed by atoms with Crippen molar-refractivity contribution in [3.63, 3.8) is 0 Å². The molecule has 2 rings (SSSR count). The first kappa shape index (κ1) is 13.5. The van der Waals surface area contributed by atoms with Crippen molar-refractivity contribution in [1.82, 2.24) is 10.1 Å². The monoisotopic (exact) mass is 265 g/mol. The predicted molar refractivity (Wildman–Crippen MR) is 67.0 cm³/mol. The standard InChI is InChI=1S/C13H16FN3O2/c1-3-13-16-12(17-19-13)7-18-11-5-4-9(14)6-10(11)8(2)15/h4-6,8H,3,7,15H2,1-2H3. The zero-order valence-electron chi connectivity index (χ0n) is 10.9. The lowest BCUT2D eigenvalue weighted by Gasteiger charge is -2.12. The van der Waals surface area contributed by atoms with Crippen molar-refractivity contribution >= 4 is 0 Å². The molecule has 0 amide bonds. The van der Waals surface area contributed by atoms with E-state index in [4.69, 9.17) is 15.0 Å². The second-order valence-corrected chi connectivity index (χ2v) is 4.22. The number of aromatic nitrogens is 2. The number of nitrogens with zero attached hydrogens (tertiary/aromatic N) is 2. The topological polar surface area (TPSA) is 74.2 Å². The summed E-state index contributed by atoms with van der Waals surface area (Å²) in [6.45, 7) is 3.85. The van der Waals surface area contributed by atoms with E-state index < -0.39 is 0 Å². The molecule has 0 radical (unpaired) electrons. The molecule has 0 saturated heterocycles. The summed E-state index contributed by atoms with van der Waals surface area (Å²) < 4.78 is 23.7. The molecule has 6 heteroatoms. The largest absolute Gasteiger partial charge is 0.485 e. The number of nitrogens with two attached hydrogens (primary N) is 1. The fourth-order valence-corrected chi connectivity index (χ4v) is 1.64. The second-order valence-electron chi connectivity index (χ2n) is 4.22. The van der Waals surface area contributed by atoms with Crippen LogP contribution in [-0.4, -0.2) is 10.1 Å². The SMILES string of the molecule is CCc1nc(COc2ccc(F)cc2C(C)N)no1. The van der Waals surface area contributed by atoms with Gasteiger partial charge in [0, 0.05) is 18.0 Å². The van der Waals surface area contributed by atoms with Gasteiger partial charge in [-0.25, -0.2) is 4.39 Å². The van der Waals surface area contributed by atoms with Crippen molar-refractivity contribution < 1.29 is 13.7 Å². The van der Waals surface area contributed by atoms with Gasteiger partial charge < -0.3 is 15.0 Å². The van der Waals surface area contributed by atoms with E-state index in [0.29, 0.717) is 29.4 Å². The van der Waals surface area contributed by atoms with Crippen LogP contribution >= 0.6 is 0 Å². The molecule has 1 atom stereocenters. The molecular weight excluding hydrogens is 249 g/mol. The molecule has 0 saturated carbocycles. The Morgan fingerprint density at radius 2 is 2.26 bits per heavy atom. The van der Waals surface area contributed by atoms with Gasteiger partial charge in [-0.3, -0.25) is 0 Å². The van der Waals surface area contributed by atoms with Crippen LogP contribution in [0.5, 0.6) is 5.75 Å². The van der Waals surface area contributed by atoms with Crippen LogP contribution in [-0.2, 0) is 13.0 Å². The third-order valence-electron chi connectivity index (χ3n) is 2.63. The molecule has 1 heterocycles. The fraction of sp³-hybridized carbons (Fsp3) is 0.385. The number of hydrogen-bond donors (Lipinski definition) is 1. The average Bonchev–Trinajstić information content (AvgIpc) is 2.85. The summed E-state index contributed by atoms with van der Waals surface area (Å²) in [7, 11) is 0. The highest BCUT2D eigenvalue weighted by molar-refractivity contribution is 5.36. The fourth-order valence-electron chi connectivity index (χ4n) is 1.64. The Hall–Kier alpha value is -1.95. The number of hydrogen-bond acceptors (Lipinski definition) is 5. The van der Waals surface area contributed by atoms with Gasteiger partial charge in [-0.2, -0.15) is 4.98 Å². The van der Waals surface area contributed by atoms with Crippen LogP contribution in [0.3, 0.4) is 0 Å². The molecule has 0 fully saturated rings. The molecule has 2 N–H and O–H groups in total. The molecule has 0 aliphatic rings. The van der Waals surface area contributed by atoms with Crippen molar-refractivity contribution in [1.29, 1.82) is 0 Å². The van der Waals surface area contributed by atoms with Crippen molar-refractivity contribution in [2.75, 3.05) is 0 Å². The number of ether oxygens (including phenoxy) is 1. The zero-order chi connectivity index (χ0) is 13.8. The summed E-state index contributed by atoms with van der Waals surface area (Å²) >= 11 is 0. The van der Waals surface area contributed by atoms with Crippen LogP contribution in [0, 0.1) is 5.82 Å². The van der Waals surface area contributed by atoms with Gasteiger partial charge in [-0.05, 0) is 25.1 Å². The van der Waals surface area contributed by atoms with Gasteiger partial charge in [0.15, 0.2) is 6.61 Å². The first-order valence-electron chi connectivity index (χ1n) is 6.09. The van der Waals surface area contributed by atoms with Gasteiger partial charge in [0.1, 0.15) is 11.6 Å². The molecule has 0 aliphatic carbocycles. The van der Waals surface area contributed by atoms with Crippen molar-refractivity contribution in [3.05, 3.63) is 41.3 Å². The van der Waals surface area contributed by atoms with E-state index in [1.807, 2.05) is 6.92 Å². The third kappa shape index (κ3) is 3.29. The maximum Gasteiger partial charge on any atom is 0.226 e. The summed E-state index contributed by atoms with van der Waals surface area (Å²) in [6.07, 6.45) is 0.675. The van der Waals surface area contributed by atoms with Crippen LogP contribution < -0.4 is 10.5 Å². The lowest BCUT2D eigenvalue weighted by atomic mass is 10.1. The van der Waals surface area contributed by atoms with Crippen LogP contribution in [0.15, 0.2) is 22.7 Å². The Morgan fingerprint density at radius 1 is 1.47 bits per heavy atom. The first-order valence-corrected chi connectivity index (χ1v) is 6.09. The Bertz CT molecular complexity index is 555. The maximum atomic E-state index is 13.2. The molecule has 19 heavy (non-hydrogen) atoms. The molecule has 2 aromatic rings. The quantitative estimate of drug-likeness (QED) is 0.898. The maximum absolute atomic E-state index is 13.2. The summed E-state index contributed by atoms with van der Waals surface area (Å²) in [6, 6.07) is 3.93. The minimum absolute atomic E-state index is 0.162. The summed E-state index contributed by atoms with van der Waals surface area (Å²) in [5.41, 5.74) is 6.39. The summed E-state index contributed by atoms with van der Waals surface area (Å²) in [4.78, 5) is 4.13. The molecule has 0 spiro atoms. The van der Waals surface area contributed by atoms with E-state index in [2.05, 4.69) is 10.1 Å². The Kier molecular flexibility index (Phi) is 4.11. The Balaban J connectivity index is 2.10. The van der Waals surface area contributed by atoms with E-state index in [1.54, 1.807) is 13.0 Å². The molecule has 1 unspecified atom stereocenters. The minimum atomic E-state index is -0.340. The first-order chi connectivity index (χ1) is 9.10. The molecule has 0 bridgehead atoms. The van der Waals surface area contributed by atoms with E-state index in [1.165, 1.54) is 12.1 Å².